The van der Waals surface area contributed by atoms with Crippen LogP contribution >= 0.6 is 24.0 Å². The Kier molecular flexibility index (Phi) is 9.09. The maximum absolute atomic E-state index is 14.0. The molecule has 1 heterocycles. The van der Waals surface area contributed by atoms with Crippen molar-refractivity contribution in [2.45, 2.75) is 25.6 Å². The van der Waals surface area contributed by atoms with Gasteiger partial charge in [0.05, 0.1) is 6.61 Å². The molecule has 0 amide bonds. The molecule has 0 spiro atoms. The van der Waals surface area contributed by atoms with E-state index in [4.69, 9.17) is 4.74 Å². The predicted molar refractivity (Wildman–Crippen MR) is 123 cm³/mol. The van der Waals surface area contributed by atoms with Gasteiger partial charge in [-0.25, -0.2) is 8.78 Å². The average molecular weight is 516 g/mol. The monoisotopic (exact) mass is 516 g/mol. The van der Waals surface area contributed by atoms with Crippen LogP contribution in [-0.4, -0.2) is 39.2 Å². The Bertz CT molecular complexity index is 797. The normalized spacial score (nSPS) is 16.5. The molecule has 1 fully saturated rings. The predicted octanol–water partition coefficient (Wildman–Crippen LogP) is 3.67. The highest BCUT2D eigenvalue weighted by molar-refractivity contribution is 14.0. The van der Waals surface area contributed by atoms with Gasteiger partial charge in [0, 0.05) is 39.8 Å². The zero-order valence-electron chi connectivity index (χ0n) is 16.6. The number of halogens is 3. The third-order valence-corrected chi connectivity index (χ3v) is 4.80. The van der Waals surface area contributed by atoms with E-state index in [1.807, 2.05) is 24.3 Å². The van der Waals surface area contributed by atoms with E-state index in [2.05, 4.69) is 15.6 Å². The number of benzene rings is 2. The highest BCUT2D eigenvalue weighted by Crippen LogP contribution is 2.26. The summed E-state index contributed by atoms with van der Waals surface area (Å²) in [6.45, 7) is 2.33. The van der Waals surface area contributed by atoms with Gasteiger partial charge in [-0.3, -0.25) is 4.99 Å². The number of aliphatic imine (C=N–C) groups is 1. The van der Waals surface area contributed by atoms with E-state index in [0.717, 1.165) is 17.5 Å². The molecule has 2 aromatic carbocycles. The average Bonchev–Trinajstić information content (AvgIpc) is 3.14. The topological polar surface area (TPSA) is 48.9 Å². The van der Waals surface area contributed by atoms with Gasteiger partial charge < -0.3 is 20.3 Å². The third kappa shape index (κ3) is 6.27. The SMILES string of the molecule is CN=C(NCc1ccc(COC)cc1)NC1CCN(c2c(F)cccc2F)C1.I. The molecular formula is C21H27F2IN4O. The van der Waals surface area contributed by atoms with E-state index in [1.54, 1.807) is 19.1 Å². The lowest BCUT2D eigenvalue weighted by Gasteiger charge is -2.21. The molecule has 0 saturated carbocycles. The summed E-state index contributed by atoms with van der Waals surface area (Å²) in [5.74, 6) is -0.387. The Morgan fingerprint density at radius 2 is 1.79 bits per heavy atom. The molecule has 1 aliphatic heterocycles. The van der Waals surface area contributed by atoms with E-state index < -0.39 is 11.6 Å². The van der Waals surface area contributed by atoms with Crippen LogP contribution in [-0.2, 0) is 17.9 Å². The number of hydrogen-bond acceptors (Lipinski definition) is 3. The molecule has 2 N–H and O–H groups in total. The lowest BCUT2D eigenvalue weighted by atomic mass is 10.1. The summed E-state index contributed by atoms with van der Waals surface area (Å²) in [4.78, 5) is 5.99. The maximum Gasteiger partial charge on any atom is 0.191 e. The summed E-state index contributed by atoms with van der Waals surface area (Å²) in [5.41, 5.74) is 2.30. The first-order valence-corrected chi connectivity index (χ1v) is 9.33. The van der Waals surface area contributed by atoms with Gasteiger partial charge in [0.25, 0.3) is 0 Å². The van der Waals surface area contributed by atoms with Gasteiger partial charge >= 0.3 is 0 Å². The van der Waals surface area contributed by atoms with E-state index in [-0.39, 0.29) is 35.7 Å². The number of guanidine groups is 1. The molecule has 158 valence electrons. The van der Waals surface area contributed by atoms with Gasteiger partial charge in [-0.15, -0.1) is 24.0 Å². The third-order valence-electron chi connectivity index (χ3n) is 4.80. The summed E-state index contributed by atoms with van der Waals surface area (Å²) in [7, 11) is 3.39. The summed E-state index contributed by atoms with van der Waals surface area (Å²) >= 11 is 0. The summed E-state index contributed by atoms with van der Waals surface area (Å²) in [5, 5.41) is 6.62. The van der Waals surface area contributed by atoms with Crippen LogP contribution in [0.15, 0.2) is 47.5 Å². The summed E-state index contributed by atoms with van der Waals surface area (Å²) in [6, 6.07) is 12.2. The fraction of sp³-hybridized carbons (Fsp3) is 0.381. The molecule has 0 aromatic heterocycles. The van der Waals surface area contributed by atoms with Crippen molar-refractivity contribution in [3.8, 4) is 0 Å². The Hall–Kier alpha value is -1.94. The molecule has 1 saturated heterocycles. The number of para-hydroxylation sites is 1. The van der Waals surface area contributed by atoms with Crippen LogP contribution in [0.3, 0.4) is 0 Å². The fourth-order valence-electron chi connectivity index (χ4n) is 3.37. The minimum Gasteiger partial charge on any atom is -0.380 e. The molecule has 1 unspecified atom stereocenters. The number of rotatable bonds is 6. The quantitative estimate of drug-likeness (QED) is 0.350. The Labute approximate surface area is 187 Å². The van der Waals surface area contributed by atoms with Crippen LogP contribution in [0.1, 0.15) is 17.5 Å². The molecule has 5 nitrogen and oxygen atoms in total. The number of hydrogen-bond donors (Lipinski definition) is 2. The standard InChI is InChI=1S/C21H26F2N4O.HI/c1-24-21(25-12-15-6-8-16(9-7-15)14-28-2)26-17-10-11-27(13-17)20-18(22)4-3-5-19(20)23;/h3-9,17H,10-14H2,1-2H3,(H2,24,25,26);1H. The van der Waals surface area contributed by atoms with E-state index >= 15 is 0 Å². The number of ether oxygens (including phenoxy) is 1. The van der Waals surface area contributed by atoms with Crippen LogP contribution in [0.25, 0.3) is 0 Å². The van der Waals surface area contributed by atoms with Crippen molar-refractivity contribution in [2.24, 2.45) is 4.99 Å². The second-order valence-electron chi connectivity index (χ2n) is 6.82. The second kappa shape index (κ2) is 11.3. The molecular weight excluding hydrogens is 489 g/mol. The lowest BCUT2D eigenvalue weighted by molar-refractivity contribution is 0.185. The van der Waals surface area contributed by atoms with Crippen molar-refractivity contribution in [1.29, 1.82) is 0 Å². The van der Waals surface area contributed by atoms with Crippen molar-refractivity contribution in [3.05, 3.63) is 65.2 Å². The van der Waals surface area contributed by atoms with Crippen LogP contribution in [0.2, 0.25) is 0 Å². The summed E-state index contributed by atoms with van der Waals surface area (Å²) in [6.07, 6.45) is 0.778. The second-order valence-corrected chi connectivity index (χ2v) is 6.82. The fourth-order valence-corrected chi connectivity index (χ4v) is 3.37. The van der Waals surface area contributed by atoms with Crippen LogP contribution in [0.5, 0.6) is 0 Å². The molecule has 3 rings (SSSR count). The van der Waals surface area contributed by atoms with Gasteiger partial charge in [0.15, 0.2) is 5.96 Å². The van der Waals surface area contributed by atoms with Crippen LogP contribution < -0.4 is 15.5 Å². The molecule has 1 atom stereocenters. The van der Waals surface area contributed by atoms with E-state index in [1.165, 1.54) is 18.2 Å². The first-order valence-electron chi connectivity index (χ1n) is 9.33. The van der Waals surface area contributed by atoms with Crippen molar-refractivity contribution in [2.75, 3.05) is 32.1 Å². The minimum absolute atomic E-state index is 0. The van der Waals surface area contributed by atoms with Gasteiger partial charge in [0.1, 0.15) is 17.3 Å². The molecule has 0 radical (unpaired) electrons. The number of anilines is 1. The minimum atomic E-state index is -0.528. The molecule has 1 aliphatic rings. The molecule has 0 bridgehead atoms. The van der Waals surface area contributed by atoms with Gasteiger partial charge in [-0.1, -0.05) is 30.3 Å². The maximum atomic E-state index is 14.0. The zero-order chi connectivity index (χ0) is 19.9. The largest absolute Gasteiger partial charge is 0.380 e. The number of methoxy groups -OCH3 is 1. The summed E-state index contributed by atoms with van der Waals surface area (Å²) < 4.78 is 33.1. The highest BCUT2D eigenvalue weighted by Gasteiger charge is 2.27. The molecule has 0 aliphatic carbocycles. The van der Waals surface area contributed by atoms with Crippen molar-refractivity contribution < 1.29 is 13.5 Å². The number of nitrogens with one attached hydrogen (secondary N) is 2. The van der Waals surface area contributed by atoms with Crippen molar-refractivity contribution >= 4 is 35.6 Å². The first kappa shape index (κ1) is 23.3. The lowest BCUT2D eigenvalue weighted by Crippen LogP contribution is -2.44. The van der Waals surface area contributed by atoms with Crippen molar-refractivity contribution in [1.82, 2.24) is 10.6 Å². The molecule has 2 aromatic rings. The Balaban J connectivity index is 0.00000300. The molecule has 8 heteroatoms. The Morgan fingerprint density at radius 3 is 2.41 bits per heavy atom. The Morgan fingerprint density at radius 1 is 1.14 bits per heavy atom. The highest BCUT2D eigenvalue weighted by atomic mass is 127. The van der Waals surface area contributed by atoms with E-state index in [0.29, 0.717) is 32.2 Å². The number of nitrogens with zero attached hydrogens (tertiary/aromatic N) is 2. The van der Waals surface area contributed by atoms with Crippen LogP contribution in [0, 0.1) is 11.6 Å². The molecule has 29 heavy (non-hydrogen) atoms. The van der Waals surface area contributed by atoms with Crippen LogP contribution in [0.4, 0.5) is 14.5 Å². The smallest absolute Gasteiger partial charge is 0.191 e. The van der Waals surface area contributed by atoms with Gasteiger partial charge in [0.2, 0.25) is 0 Å². The van der Waals surface area contributed by atoms with Gasteiger partial charge in [-0.05, 0) is 29.7 Å². The van der Waals surface area contributed by atoms with E-state index in [9.17, 15) is 8.78 Å². The zero-order valence-corrected chi connectivity index (χ0v) is 19.0. The first-order chi connectivity index (χ1) is 13.6. The van der Waals surface area contributed by atoms with Gasteiger partial charge in [-0.2, -0.15) is 0 Å². The van der Waals surface area contributed by atoms with Crippen molar-refractivity contribution in [3.63, 3.8) is 0 Å².